The first kappa shape index (κ1) is 13.5. The number of alkyl halides is 2. The first-order valence-electron chi connectivity index (χ1n) is 6.52. The van der Waals surface area contributed by atoms with Crippen molar-refractivity contribution in [2.75, 3.05) is 0 Å². The molecule has 1 aromatic carbocycles. The Bertz CT molecular complexity index is 745. The average molecular weight is 288 g/mol. The number of halogens is 2. The fraction of sp³-hybridized carbons (Fsp3) is 0.200. The van der Waals surface area contributed by atoms with Crippen molar-refractivity contribution in [3.8, 4) is 5.69 Å². The lowest BCUT2D eigenvalue weighted by Crippen LogP contribution is -2.01. The van der Waals surface area contributed by atoms with E-state index in [1.54, 1.807) is 29.2 Å². The zero-order chi connectivity index (χ0) is 14.8. The number of aryl methyl sites for hydroxylation is 1. The van der Waals surface area contributed by atoms with Crippen LogP contribution in [0, 0.1) is 6.92 Å². The van der Waals surface area contributed by atoms with Crippen LogP contribution >= 0.6 is 0 Å². The summed E-state index contributed by atoms with van der Waals surface area (Å²) in [4.78, 5) is 8.46. The number of nitrogens with zero attached hydrogens (tertiary/aromatic N) is 4. The van der Waals surface area contributed by atoms with Crippen LogP contribution in [-0.2, 0) is 6.54 Å². The Morgan fingerprint density at radius 3 is 2.81 bits per heavy atom. The quantitative estimate of drug-likeness (QED) is 0.738. The van der Waals surface area contributed by atoms with E-state index in [-0.39, 0.29) is 5.56 Å². The van der Waals surface area contributed by atoms with Gasteiger partial charge in [-0.15, -0.1) is 0 Å². The highest BCUT2D eigenvalue weighted by molar-refractivity contribution is 5.36. The van der Waals surface area contributed by atoms with Crippen molar-refractivity contribution in [2.45, 2.75) is 19.9 Å². The van der Waals surface area contributed by atoms with Gasteiger partial charge >= 0.3 is 0 Å². The molecule has 0 atom stereocenters. The molecule has 108 valence electrons. The average Bonchev–Trinajstić information content (AvgIpc) is 3.10. The van der Waals surface area contributed by atoms with Crippen molar-refractivity contribution in [2.24, 2.45) is 0 Å². The van der Waals surface area contributed by atoms with E-state index in [9.17, 15) is 8.78 Å². The molecule has 0 saturated carbocycles. The van der Waals surface area contributed by atoms with E-state index >= 15 is 0 Å². The van der Waals surface area contributed by atoms with Gasteiger partial charge in [0, 0.05) is 29.8 Å². The summed E-state index contributed by atoms with van der Waals surface area (Å²) < 4.78 is 29.2. The van der Waals surface area contributed by atoms with Gasteiger partial charge in [-0.1, -0.05) is 12.1 Å². The molecule has 0 aliphatic heterocycles. The molecule has 21 heavy (non-hydrogen) atoms. The molecule has 2 heterocycles. The predicted octanol–water partition coefficient (Wildman–Crippen LogP) is 3.36. The molecule has 6 heteroatoms. The van der Waals surface area contributed by atoms with Gasteiger partial charge in [-0.05, 0) is 19.1 Å². The molecular formula is C15H14F2N4. The Kier molecular flexibility index (Phi) is 3.51. The highest BCUT2D eigenvalue weighted by Gasteiger charge is 2.09. The summed E-state index contributed by atoms with van der Waals surface area (Å²) in [5.41, 5.74) is 1.53. The molecule has 0 aliphatic rings. The number of rotatable bonds is 4. The Labute approximate surface area is 120 Å². The number of imidazole rings is 2. The summed E-state index contributed by atoms with van der Waals surface area (Å²) in [5, 5.41) is 0. The molecular weight excluding hydrogens is 274 g/mol. The fourth-order valence-corrected chi connectivity index (χ4v) is 2.15. The summed E-state index contributed by atoms with van der Waals surface area (Å²) in [7, 11) is 0. The van der Waals surface area contributed by atoms with Gasteiger partial charge in [0.05, 0.1) is 18.6 Å². The second-order valence-electron chi connectivity index (χ2n) is 4.77. The van der Waals surface area contributed by atoms with Crippen molar-refractivity contribution < 1.29 is 8.78 Å². The third kappa shape index (κ3) is 2.84. The van der Waals surface area contributed by atoms with Crippen molar-refractivity contribution in [3.63, 3.8) is 0 Å². The molecule has 3 rings (SSSR count). The van der Waals surface area contributed by atoms with Gasteiger partial charge in [-0.2, -0.15) is 0 Å². The van der Waals surface area contributed by atoms with Gasteiger partial charge in [-0.3, -0.25) is 0 Å². The monoisotopic (exact) mass is 288 g/mol. The van der Waals surface area contributed by atoms with Crippen molar-refractivity contribution in [1.29, 1.82) is 0 Å². The maximum Gasteiger partial charge on any atom is 0.263 e. The zero-order valence-corrected chi connectivity index (χ0v) is 11.4. The van der Waals surface area contributed by atoms with Crippen LogP contribution in [0.3, 0.4) is 0 Å². The lowest BCUT2D eigenvalue weighted by Gasteiger charge is -2.05. The van der Waals surface area contributed by atoms with Crippen LogP contribution < -0.4 is 0 Å². The maximum absolute atomic E-state index is 12.7. The number of aromatic nitrogens is 4. The molecule has 2 aromatic heterocycles. The largest absolute Gasteiger partial charge is 0.329 e. The van der Waals surface area contributed by atoms with Gasteiger partial charge in [0.15, 0.2) is 0 Å². The van der Waals surface area contributed by atoms with Gasteiger partial charge < -0.3 is 9.13 Å². The second-order valence-corrected chi connectivity index (χ2v) is 4.77. The lowest BCUT2D eigenvalue weighted by molar-refractivity contribution is 0.151. The van der Waals surface area contributed by atoms with Crippen molar-refractivity contribution in [1.82, 2.24) is 19.1 Å². The Hall–Kier alpha value is -2.50. The van der Waals surface area contributed by atoms with Crippen LogP contribution in [0.5, 0.6) is 0 Å². The lowest BCUT2D eigenvalue weighted by atomic mass is 10.2. The van der Waals surface area contributed by atoms with E-state index in [4.69, 9.17) is 0 Å². The van der Waals surface area contributed by atoms with Crippen LogP contribution in [0.15, 0.2) is 49.2 Å². The number of hydrogen-bond acceptors (Lipinski definition) is 2. The minimum absolute atomic E-state index is 0.00760. The Balaban J connectivity index is 1.85. The zero-order valence-electron chi connectivity index (χ0n) is 11.4. The van der Waals surface area contributed by atoms with Gasteiger partial charge in [0.25, 0.3) is 6.43 Å². The molecule has 0 spiro atoms. The van der Waals surface area contributed by atoms with Gasteiger partial charge in [-0.25, -0.2) is 18.7 Å². The summed E-state index contributed by atoms with van der Waals surface area (Å²) in [6, 6.07) is 6.29. The molecule has 4 nitrogen and oxygen atoms in total. The molecule has 0 amide bonds. The second kappa shape index (κ2) is 5.47. The summed E-state index contributed by atoms with van der Waals surface area (Å²) >= 11 is 0. The summed E-state index contributed by atoms with van der Waals surface area (Å²) in [5.74, 6) is 0.907. The van der Waals surface area contributed by atoms with E-state index in [1.807, 2.05) is 23.9 Å². The van der Waals surface area contributed by atoms with Gasteiger partial charge in [0.2, 0.25) is 0 Å². The molecule has 3 aromatic rings. The third-order valence-electron chi connectivity index (χ3n) is 3.31. The van der Waals surface area contributed by atoms with Crippen molar-refractivity contribution in [3.05, 3.63) is 66.3 Å². The summed E-state index contributed by atoms with van der Waals surface area (Å²) in [6.45, 7) is 2.52. The summed E-state index contributed by atoms with van der Waals surface area (Å²) in [6.07, 6.45) is 4.61. The molecule has 0 saturated heterocycles. The SMILES string of the molecule is Cc1nccn1Cc1cn(-c2cccc(C(F)F)c2)cn1. The molecule has 0 aliphatic carbocycles. The van der Waals surface area contributed by atoms with E-state index in [1.165, 1.54) is 12.1 Å². The van der Waals surface area contributed by atoms with Crippen LogP contribution in [0.25, 0.3) is 5.69 Å². The number of hydrogen-bond donors (Lipinski definition) is 0. The Morgan fingerprint density at radius 1 is 1.24 bits per heavy atom. The highest BCUT2D eigenvalue weighted by Crippen LogP contribution is 2.21. The third-order valence-corrected chi connectivity index (χ3v) is 3.31. The minimum Gasteiger partial charge on any atom is -0.329 e. The first-order chi connectivity index (χ1) is 10.1. The van der Waals surface area contributed by atoms with Crippen LogP contribution in [0.2, 0.25) is 0 Å². The number of benzene rings is 1. The fourth-order valence-electron chi connectivity index (χ4n) is 2.15. The first-order valence-corrected chi connectivity index (χ1v) is 6.52. The van der Waals surface area contributed by atoms with E-state index in [2.05, 4.69) is 9.97 Å². The topological polar surface area (TPSA) is 35.6 Å². The smallest absolute Gasteiger partial charge is 0.263 e. The van der Waals surface area contributed by atoms with Gasteiger partial charge in [0.1, 0.15) is 5.82 Å². The minimum atomic E-state index is -2.47. The molecule has 0 N–H and O–H groups in total. The molecule has 0 bridgehead atoms. The van der Waals surface area contributed by atoms with Crippen molar-refractivity contribution >= 4 is 0 Å². The van der Waals surface area contributed by atoms with E-state index in [0.717, 1.165) is 11.5 Å². The molecule has 0 fully saturated rings. The highest BCUT2D eigenvalue weighted by atomic mass is 19.3. The van der Waals surface area contributed by atoms with Crippen LogP contribution in [-0.4, -0.2) is 19.1 Å². The standard InChI is InChI=1S/C15H14F2N4/c1-11-18-5-6-20(11)8-13-9-21(10-19-13)14-4-2-3-12(7-14)15(16)17/h2-7,9-10,15H,8H2,1H3. The normalized spacial score (nSPS) is 11.2. The van der Waals surface area contributed by atoms with E-state index < -0.39 is 6.43 Å². The molecule has 0 radical (unpaired) electrons. The predicted molar refractivity (Wildman–Crippen MR) is 74.6 cm³/mol. The Morgan fingerprint density at radius 2 is 2.10 bits per heavy atom. The maximum atomic E-state index is 12.7. The van der Waals surface area contributed by atoms with Crippen LogP contribution in [0.1, 0.15) is 23.5 Å². The van der Waals surface area contributed by atoms with Crippen LogP contribution in [0.4, 0.5) is 8.78 Å². The van der Waals surface area contributed by atoms with E-state index in [0.29, 0.717) is 12.2 Å². The molecule has 0 unspecified atom stereocenters.